The van der Waals surface area contributed by atoms with Crippen molar-refractivity contribution in [3.8, 4) is 0 Å². The van der Waals surface area contributed by atoms with Gasteiger partial charge in [0.15, 0.2) is 0 Å². The molecular formula is C15H19Br2N. The Balaban J connectivity index is 2.30. The molecule has 0 saturated carbocycles. The van der Waals surface area contributed by atoms with Crippen molar-refractivity contribution in [3.05, 3.63) is 32.8 Å². The van der Waals surface area contributed by atoms with Crippen LogP contribution in [0, 0.1) is 6.92 Å². The van der Waals surface area contributed by atoms with E-state index in [-0.39, 0.29) is 0 Å². The molecule has 1 nitrogen and oxygen atoms in total. The molecule has 98 valence electrons. The van der Waals surface area contributed by atoms with E-state index in [1.165, 1.54) is 46.8 Å². The summed E-state index contributed by atoms with van der Waals surface area (Å²) in [6.45, 7) is 5.53. The predicted molar refractivity (Wildman–Crippen MR) is 86.2 cm³/mol. The first kappa shape index (κ1) is 14.1. The van der Waals surface area contributed by atoms with Crippen LogP contribution in [0.2, 0.25) is 0 Å². The van der Waals surface area contributed by atoms with Crippen LogP contribution in [0.1, 0.15) is 38.2 Å². The molecule has 1 aromatic carbocycles. The third-order valence-corrected chi connectivity index (χ3v) is 4.95. The van der Waals surface area contributed by atoms with Gasteiger partial charge in [-0.25, -0.2) is 0 Å². The maximum Gasteiger partial charge on any atom is 0.0887 e. The molecule has 0 N–H and O–H groups in total. The van der Waals surface area contributed by atoms with E-state index in [0.717, 1.165) is 11.0 Å². The van der Waals surface area contributed by atoms with Crippen LogP contribution in [0.4, 0.5) is 0 Å². The smallest absolute Gasteiger partial charge is 0.0887 e. The molecule has 0 atom stereocenters. The van der Waals surface area contributed by atoms with Gasteiger partial charge in [-0.05, 0) is 47.0 Å². The fraction of sp³-hybridized carbons (Fsp3) is 0.467. The molecular weight excluding hydrogens is 354 g/mol. The third kappa shape index (κ3) is 2.83. The zero-order valence-electron chi connectivity index (χ0n) is 11.0. The Morgan fingerprint density at radius 1 is 1.11 bits per heavy atom. The second-order valence-corrected chi connectivity index (χ2v) is 6.46. The topological polar surface area (TPSA) is 4.93 Å². The average molecular weight is 373 g/mol. The summed E-state index contributed by atoms with van der Waals surface area (Å²) in [5.74, 6) is 0. The number of rotatable bonds is 5. The molecule has 0 bridgehead atoms. The van der Waals surface area contributed by atoms with Crippen molar-refractivity contribution in [3.63, 3.8) is 0 Å². The predicted octanol–water partition coefficient (Wildman–Crippen LogP) is 6.06. The lowest BCUT2D eigenvalue weighted by Crippen LogP contribution is -1.98. The minimum absolute atomic E-state index is 1.10. The van der Waals surface area contributed by atoms with E-state index in [2.05, 4.69) is 68.5 Å². The number of hydrogen-bond acceptors (Lipinski definition) is 0. The highest BCUT2D eigenvalue weighted by atomic mass is 79.9. The Morgan fingerprint density at radius 2 is 1.89 bits per heavy atom. The van der Waals surface area contributed by atoms with Crippen LogP contribution < -0.4 is 0 Å². The number of aryl methyl sites for hydroxylation is 2. The molecule has 2 rings (SSSR count). The van der Waals surface area contributed by atoms with Gasteiger partial charge in [0, 0.05) is 16.4 Å². The minimum atomic E-state index is 1.10. The second kappa shape index (κ2) is 6.25. The summed E-state index contributed by atoms with van der Waals surface area (Å²) in [6, 6.07) is 6.53. The summed E-state index contributed by atoms with van der Waals surface area (Å²) < 4.78 is 4.77. The summed E-state index contributed by atoms with van der Waals surface area (Å²) in [5, 5.41) is 1.35. The van der Waals surface area contributed by atoms with E-state index in [0.29, 0.717) is 0 Å². The van der Waals surface area contributed by atoms with Gasteiger partial charge in [-0.3, -0.25) is 0 Å². The third-order valence-electron chi connectivity index (χ3n) is 3.44. The van der Waals surface area contributed by atoms with E-state index in [4.69, 9.17) is 0 Å². The van der Waals surface area contributed by atoms with Gasteiger partial charge in [-0.15, -0.1) is 0 Å². The molecule has 3 heteroatoms. The lowest BCUT2D eigenvalue weighted by atomic mass is 10.2. The number of halogens is 2. The molecule has 0 aliphatic carbocycles. The lowest BCUT2D eigenvalue weighted by molar-refractivity contribution is 0.587. The van der Waals surface area contributed by atoms with Crippen molar-refractivity contribution in [1.29, 1.82) is 0 Å². The highest BCUT2D eigenvalue weighted by Crippen LogP contribution is 2.31. The van der Waals surface area contributed by atoms with Gasteiger partial charge in [0.2, 0.25) is 0 Å². The van der Waals surface area contributed by atoms with Crippen molar-refractivity contribution in [2.24, 2.45) is 0 Å². The van der Waals surface area contributed by atoms with Crippen LogP contribution in [0.3, 0.4) is 0 Å². The van der Waals surface area contributed by atoms with Crippen molar-refractivity contribution < 1.29 is 0 Å². The van der Waals surface area contributed by atoms with Crippen molar-refractivity contribution in [2.75, 3.05) is 0 Å². The Hall–Kier alpha value is -0.280. The summed E-state index contributed by atoms with van der Waals surface area (Å²) in [5.41, 5.74) is 2.67. The Morgan fingerprint density at radius 3 is 2.61 bits per heavy atom. The van der Waals surface area contributed by atoms with Gasteiger partial charge in [0.1, 0.15) is 0 Å². The van der Waals surface area contributed by atoms with Crippen LogP contribution in [-0.4, -0.2) is 4.57 Å². The molecule has 1 aromatic heterocycles. The number of hydrogen-bond donors (Lipinski definition) is 0. The lowest BCUT2D eigenvalue weighted by Gasteiger charge is -2.07. The molecule has 18 heavy (non-hydrogen) atoms. The van der Waals surface area contributed by atoms with Crippen LogP contribution in [0.5, 0.6) is 0 Å². The number of fused-ring (bicyclic) bond motifs is 1. The Bertz CT molecular complexity index is 543. The van der Waals surface area contributed by atoms with Crippen LogP contribution in [0.25, 0.3) is 10.9 Å². The van der Waals surface area contributed by atoms with Gasteiger partial charge in [-0.1, -0.05) is 48.2 Å². The minimum Gasteiger partial charge on any atom is -0.335 e. The highest BCUT2D eigenvalue weighted by Gasteiger charge is 2.11. The molecule has 0 amide bonds. The molecule has 1 heterocycles. The SMILES string of the molecule is CCCCCCn1c(Br)c(C)c2ccc(Br)cc21. The monoisotopic (exact) mass is 371 g/mol. The first-order valence-electron chi connectivity index (χ1n) is 6.59. The molecule has 0 radical (unpaired) electrons. The first-order valence-corrected chi connectivity index (χ1v) is 8.17. The second-order valence-electron chi connectivity index (χ2n) is 4.79. The summed E-state index contributed by atoms with van der Waals surface area (Å²) >= 11 is 7.30. The molecule has 0 spiro atoms. The Labute approximate surface area is 126 Å². The molecule has 2 aromatic rings. The van der Waals surface area contributed by atoms with Crippen LogP contribution >= 0.6 is 31.9 Å². The number of unbranched alkanes of at least 4 members (excludes halogenated alkanes) is 3. The van der Waals surface area contributed by atoms with Gasteiger partial charge in [0.05, 0.1) is 10.1 Å². The van der Waals surface area contributed by atoms with Gasteiger partial charge in [0.25, 0.3) is 0 Å². The van der Waals surface area contributed by atoms with Gasteiger partial charge in [-0.2, -0.15) is 0 Å². The van der Waals surface area contributed by atoms with E-state index < -0.39 is 0 Å². The fourth-order valence-electron chi connectivity index (χ4n) is 2.38. The zero-order valence-corrected chi connectivity index (χ0v) is 14.1. The van der Waals surface area contributed by atoms with Gasteiger partial charge < -0.3 is 4.57 Å². The van der Waals surface area contributed by atoms with Crippen LogP contribution in [0.15, 0.2) is 27.3 Å². The maximum atomic E-state index is 3.73. The Kier molecular flexibility index (Phi) is 4.91. The number of benzene rings is 1. The average Bonchev–Trinajstić information content (AvgIpc) is 2.59. The number of aromatic nitrogens is 1. The maximum absolute atomic E-state index is 3.73. The summed E-state index contributed by atoms with van der Waals surface area (Å²) in [6.07, 6.45) is 5.19. The van der Waals surface area contributed by atoms with E-state index in [9.17, 15) is 0 Å². The molecule has 0 fully saturated rings. The molecule has 0 aliphatic rings. The van der Waals surface area contributed by atoms with Crippen molar-refractivity contribution in [1.82, 2.24) is 4.57 Å². The normalized spacial score (nSPS) is 11.3. The fourth-order valence-corrected chi connectivity index (χ4v) is 3.31. The van der Waals surface area contributed by atoms with E-state index in [1.54, 1.807) is 0 Å². The molecule has 0 aliphatic heterocycles. The van der Waals surface area contributed by atoms with E-state index in [1.807, 2.05) is 0 Å². The molecule has 0 unspecified atom stereocenters. The largest absolute Gasteiger partial charge is 0.335 e. The highest BCUT2D eigenvalue weighted by molar-refractivity contribution is 9.10. The quantitative estimate of drug-likeness (QED) is 0.562. The van der Waals surface area contributed by atoms with Gasteiger partial charge >= 0.3 is 0 Å². The zero-order chi connectivity index (χ0) is 13.1. The van der Waals surface area contributed by atoms with Crippen LogP contribution in [-0.2, 0) is 6.54 Å². The van der Waals surface area contributed by atoms with E-state index >= 15 is 0 Å². The summed E-state index contributed by atoms with van der Waals surface area (Å²) in [4.78, 5) is 0. The van der Waals surface area contributed by atoms with Crippen molar-refractivity contribution in [2.45, 2.75) is 46.1 Å². The first-order chi connectivity index (χ1) is 8.65. The number of nitrogens with zero attached hydrogens (tertiary/aromatic N) is 1. The van der Waals surface area contributed by atoms with Crippen molar-refractivity contribution >= 4 is 42.8 Å². The summed E-state index contributed by atoms with van der Waals surface area (Å²) in [7, 11) is 0. The molecule has 0 saturated heterocycles. The standard InChI is InChI=1S/C15H19Br2N/c1-3-4-5-6-9-18-14-10-12(16)7-8-13(14)11(2)15(18)17/h7-8,10H,3-6,9H2,1-2H3.